The Labute approximate surface area is 101 Å². The van der Waals surface area contributed by atoms with Gasteiger partial charge in [0.15, 0.2) is 9.84 Å². The second-order valence-corrected chi connectivity index (χ2v) is 6.19. The van der Waals surface area contributed by atoms with E-state index >= 15 is 0 Å². The summed E-state index contributed by atoms with van der Waals surface area (Å²) in [6.45, 7) is 2.66. The molecule has 4 nitrogen and oxygen atoms in total. The van der Waals surface area contributed by atoms with Gasteiger partial charge in [-0.25, -0.2) is 8.42 Å². The molecule has 1 rings (SSSR count). The molecule has 1 atom stereocenters. The smallest absolute Gasteiger partial charge is 0.164 e. The van der Waals surface area contributed by atoms with E-state index in [4.69, 9.17) is 5.26 Å². The molecule has 0 aromatic heterocycles. The van der Waals surface area contributed by atoms with Crippen molar-refractivity contribution in [3.8, 4) is 6.07 Å². The van der Waals surface area contributed by atoms with Crippen molar-refractivity contribution in [3.63, 3.8) is 0 Å². The van der Waals surface area contributed by atoms with E-state index in [0.717, 1.165) is 0 Å². The largest absolute Gasteiger partial charge is 0.299 e. The second-order valence-electron chi connectivity index (χ2n) is 3.87. The number of nitriles is 1. The van der Waals surface area contributed by atoms with Crippen LogP contribution in [0.25, 0.3) is 0 Å². The average molecular weight is 251 g/mol. The molecule has 0 radical (unpaired) electrons. The summed E-state index contributed by atoms with van der Waals surface area (Å²) < 4.78 is 23.6. The first-order valence-corrected chi connectivity index (χ1v) is 6.79. The summed E-state index contributed by atoms with van der Waals surface area (Å²) in [5, 5.41) is 7.62. The fourth-order valence-corrected chi connectivity index (χ4v) is 2.70. The van der Waals surface area contributed by atoms with E-state index in [1.807, 2.05) is 6.07 Å². The summed E-state index contributed by atoms with van der Waals surface area (Å²) in [6.07, 6.45) is 0. The molecule has 0 heterocycles. The van der Waals surface area contributed by atoms with E-state index in [0.29, 0.717) is 11.1 Å². The number of rotatable bonds is 4. The van der Waals surface area contributed by atoms with Gasteiger partial charge in [0.1, 0.15) is 11.0 Å². The van der Waals surface area contributed by atoms with Crippen molar-refractivity contribution in [1.82, 2.24) is 0 Å². The molecule has 17 heavy (non-hydrogen) atoms. The lowest BCUT2D eigenvalue weighted by atomic mass is 10.2. The van der Waals surface area contributed by atoms with Crippen LogP contribution in [0.5, 0.6) is 0 Å². The molecule has 0 aliphatic heterocycles. The van der Waals surface area contributed by atoms with E-state index in [1.54, 1.807) is 24.3 Å². The third-order valence-electron chi connectivity index (χ3n) is 2.56. The number of ketones is 1. The van der Waals surface area contributed by atoms with E-state index in [1.165, 1.54) is 13.8 Å². The highest BCUT2D eigenvalue weighted by atomic mass is 32.2. The first-order valence-electron chi connectivity index (χ1n) is 5.08. The Morgan fingerprint density at radius 2 is 1.88 bits per heavy atom. The Balaban J connectivity index is 2.91. The van der Waals surface area contributed by atoms with Gasteiger partial charge in [0.05, 0.1) is 17.4 Å². The predicted octanol–water partition coefficient (Wildman–Crippen LogP) is 1.45. The third kappa shape index (κ3) is 3.40. The zero-order valence-electron chi connectivity index (χ0n) is 9.67. The Kier molecular flexibility index (Phi) is 4.02. The molecule has 0 spiro atoms. The molecule has 0 saturated heterocycles. The summed E-state index contributed by atoms with van der Waals surface area (Å²) in [6, 6.07) is 8.24. The topological polar surface area (TPSA) is 75.0 Å². The van der Waals surface area contributed by atoms with E-state index in [2.05, 4.69) is 0 Å². The highest BCUT2D eigenvalue weighted by Gasteiger charge is 2.24. The number of nitrogens with zero attached hydrogens (tertiary/aromatic N) is 1. The Bertz CT molecular complexity index is 552. The summed E-state index contributed by atoms with van der Waals surface area (Å²) in [5.74, 6) is -0.543. The maximum atomic E-state index is 11.8. The third-order valence-corrected chi connectivity index (χ3v) is 4.71. The van der Waals surface area contributed by atoms with Crippen molar-refractivity contribution in [2.75, 3.05) is 0 Å². The van der Waals surface area contributed by atoms with Crippen molar-refractivity contribution >= 4 is 15.6 Å². The summed E-state index contributed by atoms with van der Waals surface area (Å²) in [5.41, 5.74) is 1.06. The van der Waals surface area contributed by atoms with Gasteiger partial charge in [0.2, 0.25) is 0 Å². The Morgan fingerprint density at radius 3 is 2.29 bits per heavy atom. The number of carbonyl (C=O) groups excluding carboxylic acids is 1. The van der Waals surface area contributed by atoms with Crippen LogP contribution in [-0.4, -0.2) is 19.5 Å². The molecule has 0 saturated carbocycles. The molecular weight excluding hydrogens is 238 g/mol. The molecule has 90 valence electrons. The van der Waals surface area contributed by atoms with Gasteiger partial charge in [0, 0.05) is 0 Å². The number of benzene rings is 1. The van der Waals surface area contributed by atoms with Crippen molar-refractivity contribution in [2.45, 2.75) is 24.9 Å². The molecule has 1 aromatic carbocycles. The standard InChI is InChI=1S/C12H13NO3S/c1-9(14)10(2)17(15,16)8-12-5-3-11(7-13)4-6-12/h3-6,10H,8H2,1-2H3. The minimum atomic E-state index is -3.46. The maximum absolute atomic E-state index is 11.8. The van der Waals surface area contributed by atoms with Crippen LogP contribution in [0, 0.1) is 11.3 Å². The van der Waals surface area contributed by atoms with Crippen LogP contribution >= 0.6 is 0 Å². The van der Waals surface area contributed by atoms with Gasteiger partial charge in [-0.05, 0) is 31.5 Å². The van der Waals surface area contributed by atoms with Crippen molar-refractivity contribution in [3.05, 3.63) is 35.4 Å². The summed E-state index contributed by atoms with van der Waals surface area (Å²) in [4.78, 5) is 11.1. The fourth-order valence-electron chi connectivity index (χ4n) is 1.29. The van der Waals surface area contributed by atoms with Crippen LogP contribution in [0.4, 0.5) is 0 Å². The highest BCUT2D eigenvalue weighted by molar-refractivity contribution is 7.92. The lowest BCUT2D eigenvalue weighted by molar-refractivity contribution is -0.116. The quantitative estimate of drug-likeness (QED) is 0.811. The SMILES string of the molecule is CC(=O)C(C)S(=O)(=O)Cc1ccc(C#N)cc1. The van der Waals surface area contributed by atoms with Crippen LogP contribution in [0.3, 0.4) is 0 Å². The van der Waals surface area contributed by atoms with Crippen LogP contribution in [0.15, 0.2) is 24.3 Å². The predicted molar refractivity (Wildman–Crippen MR) is 63.9 cm³/mol. The van der Waals surface area contributed by atoms with Crippen molar-refractivity contribution in [2.24, 2.45) is 0 Å². The maximum Gasteiger partial charge on any atom is 0.164 e. The number of hydrogen-bond acceptors (Lipinski definition) is 4. The van der Waals surface area contributed by atoms with Gasteiger partial charge in [0.25, 0.3) is 0 Å². The van der Waals surface area contributed by atoms with Gasteiger partial charge < -0.3 is 0 Å². The normalized spacial score (nSPS) is 12.8. The lowest BCUT2D eigenvalue weighted by Crippen LogP contribution is -2.26. The molecule has 0 N–H and O–H groups in total. The summed E-state index contributed by atoms with van der Waals surface area (Å²) >= 11 is 0. The first-order chi connectivity index (χ1) is 7.86. The number of Topliss-reactive ketones (excluding diaryl/α,β-unsaturated/α-hetero) is 1. The molecule has 0 fully saturated rings. The van der Waals surface area contributed by atoms with E-state index in [9.17, 15) is 13.2 Å². The molecule has 0 amide bonds. The second kappa shape index (κ2) is 5.11. The molecule has 0 aliphatic rings. The van der Waals surface area contributed by atoms with Gasteiger partial charge in [-0.2, -0.15) is 5.26 Å². The van der Waals surface area contributed by atoms with Crippen molar-refractivity contribution < 1.29 is 13.2 Å². The molecule has 1 aromatic rings. The molecular formula is C12H13NO3S. The minimum absolute atomic E-state index is 0.181. The molecule has 1 unspecified atom stereocenters. The highest BCUT2D eigenvalue weighted by Crippen LogP contribution is 2.12. The lowest BCUT2D eigenvalue weighted by Gasteiger charge is -2.09. The van der Waals surface area contributed by atoms with Crippen LogP contribution in [0.1, 0.15) is 25.0 Å². The fraction of sp³-hybridized carbons (Fsp3) is 0.333. The van der Waals surface area contributed by atoms with Crippen LogP contribution < -0.4 is 0 Å². The van der Waals surface area contributed by atoms with Crippen molar-refractivity contribution in [1.29, 1.82) is 5.26 Å². The van der Waals surface area contributed by atoms with Gasteiger partial charge >= 0.3 is 0 Å². The zero-order chi connectivity index (χ0) is 13.1. The minimum Gasteiger partial charge on any atom is -0.299 e. The first kappa shape index (κ1) is 13.4. The van der Waals surface area contributed by atoms with Crippen LogP contribution in [0.2, 0.25) is 0 Å². The van der Waals surface area contributed by atoms with E-state index in [-0.39, 0.29) is 11.5 Å². The van der Waals surface area contributed by atoms with E-state index < -0.39 is 15.1 Å². The molecule has 0 bridgehead atoms. The molecule has 5 heteroatoms. The zero-order valence-corrected chi connectivity index (χ0v) is 10.5. The number of sulfone groups is 1. The molecule has 0 aliphatic carbocycles. The van der Waals surface area contributed by atoms with Gasteiger partial charge in [-0.1, -0.05) is 12.1 Å². The number of hydrogen-bond donors (Lipinski definition) is 0. The van der Waals surface area contributed by atoms with Crippen LogP contribution in [-0.2, 0) is 20.4 Å². The number of carbonyl (C=O) groups is 1. The Hall–Kier alpha value is -1.67. The van der Waals surface area contributed by atoms with Gasteiger partial charge in [-0.3, -0.25) is 4.79 Å². The summed E-state index contributed by atoms with van der Waals surface area (Å²) in [7, 11) is -3.46. The Morgan fingerprint density at radius 1 is 1.35 bits per heavy atom. The monoisotopic (exact) mass is 251 g/mol. The average Bonchev–Trinajstić information content (AvgIpc) is 2.28. The van der Waals surface area contributed by atoms with Gasteiger partial charge in [-0.15, -0.1) is 0 Å².